The van der Waals surface area contributed by atoms with E-state index in [1.54, 1.807) is 0 Å². The van der Waals surface area contributed by atoms with Gasteiger partial charge in [-0.2, -0.15) is 4.90 Å². The van der Waals surface area contributed by atoms with E-state index in [0.29, 0.717) is 0 Å². The summed E-state index contributed by atoms with van der Waals surface area (Å²) >= 11 is 2.73. The molecule has 4 aromatic carbocycles. The fourth-order valence-corrected chi connectivity index (χ4v) is 4.69. The average molecular weight is 771 g/mol. The summed E-state index contributed by atoms with van der Waals surface area (Å²) in [7, 11) is 20.2. The SMILES string of the molecule is CC(C)(c1ccccc1)c1cc(C=Nc2ccccc2)c([S-])c(C(C)(C)c2ccccc2)c1.[Cl][Ta]([Cl])([Cl])[Cl]. The number of benzene rings is 4. The van der Waals surface area contributed by atoms with Crippen LogP contribution in [0.15, 0.2) is 113 Å². The van der Waals surface area contributed by atoms with Crippen molar-refractivity contribution in [2.24, 2.45) is 4.99 Å². The van der Waals surface area contributed by atoms with Gasteiger partial charge >= 0.3 is 49.6 Å². The fourth-order valence-electron chi connectivity index (χ4n) is 4.26. The van der Waals surface area contributed by atoms with Crippen LogP contribution in [0.3, 0.4) is 0 Å². The second kappa shape index (κ2) is 13.4. The van der Waals surface area contributed by atoms with Gasteiger partial charge < -0.3 is 12.6 Å². The molecule has 0 aliphatic rings. The van der Waals surface area contributed by atoms with Crippen LogP contribution in [-0.4, -0.2) is 6.21 Å². The fraction of sp³-hybridized carbons (Fsp3) is 0.194. The molecule has 0 aliphatic carbocycles. The first-order valence-corrected chi connectivity index (χ1v) is 28.4. The van der Waals surface area contributed by atoms with E-state index in [0.717, 1.165) is 21.7 Å². The number of aliphatic imine (C=N–C) groups is 1. The van der Waals surface area contributed by atoms with Crippen LogP contribution in [0, 0.1) is 0 Å². The maximum absolute atomic E-state index is 6.06. The van der Waals surface area contributed by atoms with Crippen molar-refractivity contribution in [2.45, 2.75) is 43.4 Å². The molecule has 4 rings (SSSR count). The summed E-state index contributed by atoms with van der Waals surface area (Å²) in [6, 6.07) is 35.8. The zero-order chi connectivity index (χ0) is 28.0. The molecular formula is C31H30Cl4NSTa-. The van der Waals surface area contributed by atoms with Crippen LogP contribution >= 0.6 is 36.8 Å². The van der Waals surface area contributed by atoms with Gasteiger partial charge in [0.1, 0.15) is 0 Å². The number of nitrogens with zero attached hydrogens (tertiary/aromatic N) is 1. The maximum atomic E-state index is 6.06. The molecule has 1 nitrogen and oxygen atoms in total. The van der Waals surface area contributed by atoms with Crippen LogP contribution in [0.5, 0.6) is 0 Å². The summed E-state index contributed by atoms with van der Waals surface area (Å²) in [4.78, 5) is 5.60. The van der Waals surface area contributed by atoms with Crippen LogP contribution in [0.2, 0.25) is 0 Å². The van der Waals surface area contributed by atoms with E-state index in [1.165, 1.54) is 16.7 Å². The zero-order valence-corrected chi connectivity index (χ0v) is 28.8. The third-order valence-corrected chi connectivity index (χ3v) is 7.07. The van der Waals surface area contributed by atoms with Crippen molar-refractivity contribution in [1.29, 1.82) is 0 Å². The Morgan fingerprint density at radius 1 is 0.632 bits per heavy atom. The molecule has 7 heteroatoms. The molecule has 4 aromatic rings. The monoisotopic (exact) mass is 769 g/mol. The summed E-state index contributed by atoms with van der Waals surface area (Å²) in [5.41, 5.74) is 6.39. The van der Waals surface area contributed by atoms with Crippen molar-refractivity contribution in [1.82, 2.24) is 0 Å². The third kappa shape index (κ3) is 8.58. The molecule has 0 aliphatic heterocycles. The molecule has 0 bridgehead atoms. The number of rotatable bonds is 6. The Morgan fingerprint density at radius 2 is 1.05 bits per heavy atom. The molecule has 38 heavy (non-hydrogen) atoms. The molecule has 0 spiro atoms. The summed E-state index contributed by atoms with van der Waals surface area (Å²) < 4.78 is 0. The molecular weight excluding hydrogens is 741 g/mol. The quantitative estimate of drug-likeness (QED) is 0.141. The van der Waals surface area contributed by atoms with Gasteiger partial charge in [0.15, 0.2) is 0 Å². The van der Waals surface area contributed by atoms with Gasteiger partial charge in [0.2, 0.25) is 0 Å². The molecule has 0 fully saturated rings. The zero-order valence-electron chi connectivity index (χ0n) is 21.7. The molecule has 0 aromatic heterocycles. The molecule has 0 unspecified atom stereocenters. The summed E-state index contributed by atoms with van der Waals surface area (Å²) in [6.45, 7) is 9.06. The third-order valence-electron chi connectivity index (χ3n) is 6.61. The van der Waals surface area contributed by atoms with Gasteiger partial charge in [0, 0.05) is 17.0 Å². The minimum atomic E-state index is -3.33. The number of hydrogen-bond acceptors (Lipinski definition) is 2. The predicted octanol–water partition coefficient (Wildman–Crippen LogP) is 10.8. The van der Waals surface area contributed by atoms with E-state index in [2.05, 4.69) is 100 Å². The Kier molecular flexibility index (Phi) is 11.0. The van der Waals surface area contributed by atoms with Gasteiger partial charge in [-0.1, -0.05) is 124 Å². The molecule has 0 saturated carbocycles. The van der Waals surface area contributed by atoms with Crippen LogP contribution in [0.1, 0.15) is 55.5 Å². The number of halogens is 4. The number of hydrogen-bond donors (Lipinski definition) is 0. The molecule has 0 amide bonds. The summed E-state index contributed by atoms with van der Waals surface area (Å²) in [5.74, 6) is 0. The molecule has 0 atom stereocenters. The van der Waals surface area contributed by atoms with Gasteiger partial charge in [-0.05, 0) is 34.4 Å². The summed E-state index contributed by atoms with van der Waals surface area (Å²) in [5, 5.41) is 0. The Labute approximate surface area is 251 Å². The van der Waals surface area contributed by atoms with Crippen molar-refractivity contribution < 1.29 is 12.8 Å². The minimum absolute atomic E-state index is 0.179. The summed E-state index contributed by atoms with van der Waals surface area (Å²) in [6.07, 6.45) is 1.92. The molecule has 0 N–H and O–H groups in total. The van der Waals surface area contributed by atoms with Crippen molar-refractivity contribution in [3.05, 3.63) is 131 Å². The molecule has 0 heterocycles. The predicted molar refractivity (Wildman–Crippen MR) is 166 cm³/mol. The van der Waals surface area contributed by atoms with E-state index in [1.807, 2.05) is 36.5 Å². The first-order valence-electron chi connectivity index (χ1n) is 12.0. The Hall–Kier alpha value is -1.33. The Morgan fingerprint density at radius 3 is 1.53 bits per heavy atom. The van der Waals surface area contributed by atoms with Crippen LogP contribution < -0.4 is 0 Å². The molecule has 0 radical (unpaired) electrons. The first-order chi connectivity index (χ1) is 17.8. The second-order valence-corrected chi connectivity index (χ2v) is 38.2. The van der Waals surface area contributed by atoms with Gasteiger partial charge in [0.25, 0.3) is 0 Å². The normalized spacial score (nSPS) is 12.2. The topological polar surface area (TPSA) is 12.4 Å². The first kappa shape index (κ1) is 31.2. The molecule has 199 valence electrons. The second-order valence-electron chi connectivity index (χ2n) is 9.90. The average Bonchev–Trinajstić information content (AvgIpc) is 2.88. The number of para-hydroxylation sites is 1. The molecule has 0 saturated heterocycles. The van der Waals surface area contributed by atoms with Crippen LogP contribution in [-0.2, 0) is 36.3 Å². The van der Waals surface area contributed by atoms with Gasteiger partial charge in [-0.3, -0.25) is 4.99 Å². The van der Waals surface area contributed by atoms with E-state index in [9.17, 15) is 0 Å². The van der Waals surface area contributed by atoms with Gasteiger partial charge in [-0.25, -0.2) is 0 Å². The van der Waals surface area contributed by atoms with Gasteiger partial charge in [-0.15, -0.1) is 0 Å². The van der Waals surface area contributed by atoms with Crippen LogP contribution in [0.4, 0.5) is 5.69 Å². The van der Waals surface area contributed by atoms with Crippen molar-refractivity contribution >= 4 is 61.3 Å². The van der Waals surface area contributed by atoms with Gasteiger partial charge in [0.05, 0.1) is 5.69 Å². The van der Waals surface area contributed by atoms with E-state index < -0.39 is 12.8 Å². The van der Waals surface area contributed by atoms with Crippen LogP contribution in [0.25, 0.3) is 0 Å². The van der Waals surface area contributed by atoms with E-state index in [4.69, 9.17) is 54.4 Å². The Balaban J connectivity index is 0.000000732. The van der Waals surface area contributed by atoms with Crippen molar-refractivity contribution in [2.75, 3.05) is 0 Å². The Bertz CT molecular complexity index is 1350. The van der Waals surface area contributed by atoms with Crippen molar-refractivity contribution in [3.8, 4) is 0 Å². The van der Waals surface area contributed by atoms with E-state index in [-0.39, 0.29) is 10.8 Å². The standard InChI is InChI=1S/C31H31NS.4ClH.Ta/c1-30(2,24-14-8-5-9-15-24)26-20-23(22-32-27-18-12-7-13-19-27)29(33)28(21-26)31(3,4)25-16-10-6-11-17-25;;;;;/h5-22,33H,1-4H3;4*1H;/q;;;;;+4/p-5. The van der Waals surface area contributed by atoms with Crippen molar-refractivity contribution in [3.63, 3.8) is 0 Å². The van der Waals surface area contributed by atoms with E-state index >= 15 is 0 Å².